The van der Waals surface area contributed by atoms with Crippen molar-refractivity contribution in [3.8, 4) is 0 Å². The SMILES string of the molecule is C=C1/C=C/C(=O)N(C)CC(=O)N[C@@H](C)C(=O)O[C@@H]([C@H](C)CCCCCCCCCCCCCC)[C@H](C)C(=O)N1. The lowest BCUT2D eigenvalue weighted by atomic mass is 9.88. The number of likely N-dealkylation sites (N-methyl/N-ethyl adjacent to an activating group) is 1. The minimum atomic E-state index is -0.909. The third-order valence-corrected chi connectivity index (χ3v) is 7.43. The molecule has 0 saturated heterocycles. The molecule has 0 bridgehead atoms. The van der Waals surface area contributed by atoms with E-state index in [2.05, 4.69) is 24.1 Å². The Morgan fingerprint density at radius 2 is 1.46 bits per heavy atom. The molecule has 8 nitrogen and oxygen atoms in total. The molecule has 1 rings (SSSR count). The van der Waals surface area contributed by atoms with E-state index in [1.165, 1.54) is 88.3 Å². The van der Waals surface area contributed by atoms with Gasteiger partial charge in [0, 0.05) is 18.8 Å². The fourth-order valence-corrected chi connectivity index (χ4v) is 4.82. The highest BCUT2D eigenvalue weighted by Crippen LogP contribution is 2.24. The van der Waals surface area contributed by atoms with Crippen LogP contribution in [0.5, 0.6) is 0 Å². The molecule has 0 radical (unpaired) electrons. The molecule has 0 aromatic rings. The molecule has 222 valence electrons. The number of carbonyl (C=O) groups excluding carboxylic acids is 4. The van der Waals surface area contributed by atoms with E-state index in [9.17, 15) is 19.2 Å². The maximum absolute atomic E-state index is 13.0. The van der Waals surface area contributed by atoms with E-state index in [4.69, 9.17) is 4.74 Å². The Hall–Kier alpha value is -2.64. The monoisotopic (exact) mass is 547 g/mol. The van der Waals surface area contributed by atoms with Crippen LogP contribution in [-0.4, -0.2) is 54.3 Å². The summed E-state index contributed by atoms with van der Waals surface area (Å²) in [6.07, 6.45) is 18.0. The topological polar surface area (TPSA) is 105 Å². The second-order valence-corrected chi connectivity index (χ2v) is 11.2. The van der Waals surface area contributed by atoms with Crippen LogP contribution in [0.1, 0.15) is 111 Å². The van der Waals surface area contributed by atoms with Crippen molar-refractivity contribution in [1.29, 1.82) is 0 Å². The van der Waals surface area contributed by atoms with E-state index in [-0.39, 0.29) is 24.1 Å². The number of unbranched alkanes of at least 4 members (excludes halogenated alkanes) is 11. The molecule has 1 heterocycles. The Labute approximate surface area is 236 Å². The third kappa shape index (κ3) is 14.4. The van der Waals surface area contributed by atoms with Gasteiger partial charge in [-0.1, -0.05) is 104 Å². The summed E-state index contributed by atoms with van der Waals surface area (Å²) in [5.74, 6) is -2.52. The average Bonchev–Trinajstić information content (AvgIpc) is 2.89. The number of nitrogens with one attached hydrogen (secondary N) is 2. The van der Waals surface area contributed by atoms with Gasteiger partial charge in [-0.3, -0.25) is 14.4 Å². The van der Waals surface area contributed by atoms with Crippen LogP contribution in [0.2, 0.25) is 0 Å². The fraction of sp³-hybridized carbons (Fsp3) is 0.742. The highest BCUT2D eigenvalue weighted by molar-refractivity contribution is 5.93. The molecule has 1 aliphatic heterocycles. The number of esters is 1. The van der Waals surface area contributed by atoms with E-state index in [0.717, 1.165) is 19.3 Å². The van der Waals surface area contributed by atoms with Crippen molar-refractivity contribution in [3.05, 3.63) is 24.4 Å². The summed E-state index contributed by atoms with van der Waals surface area (Å²) < 4.78 is 5.83. The van der Waals surface area contributed by atoms with Crippen LogP contribution in [0.25, 0.3) is 0 Å². The van der Waals surface area contributed by atoms with E-state index in [0.29, 0.717) is 0 Å². The highest BCUT2D eigenvalue weighted by Gasteiger charge is 2.34. The first-order valence-corrected chi connectivity index (χ1v) is 15.0. The number of amides is 3. The van der Waals surface area contributed by atoms with Gasteiger partial charge in [0.15, 0.2) is 0 Å². The third-order valence-electron chi connectivity index (χ3n) is 7.43. The molecule has 0 fully saturated rings. The van der Waals surface area contributed by atoms with Gasteiger partial charge in [-0.25, -0.2) is 4.79 Å². The molecular formula is C31H53N3O5. The van der Waals surface area contributed by atoms with Gasteiger partial charge in [-0.05, 0) is 25.3 Å². The predicted octanol–water partition coefficient (Wildman–Crippen LogP) is 5.42. The molecule has 39 heavy (non-hydrogen) atoms. The lowest BCUT2D eigenvalue weighted by Crippen LogP contribution is -2.47. The van der Waals surface area contributed by atoms with E-state index >= 15 is 0 Å². The van der Waals surface area contributed by atoms with Crippen LogP contribution in [0.3, 0.4) is 0 Å². The first-order valence-electron chi connectivity index (χ1n) is 15.0. The Balaban J connectivity index is 2.66. The van der Waals surface area contributed by atoms with Gasteiger partial charge in [0.2, 0.25) is 17.7 Å². The first-order chi connectivity index (χ1) is 18.6. The van der Waals surface area contributed by atoms with Crippen molar-refractivity contribution in [2.24, 2.45) is 11.8 Å². The molecular weight excluding hydrogens is 494 g/mol. The van der Waals surface area contributed by atoms with Crippen LogP contribution < -0.4 is 10.6 Å². The van der Waals surface area contributed by atoms with Gasteiger partial charge in [0.1, 0.15) is 12.1 Å². The molecule has 0 aromatic heterocycles. The normalized spacial score (nSPS) is 23.4. The Bertz CT molecular complexity index is 825. The van der Waals surface area contributed by atoms with Crippen molar-refractivity contribution in [3.63, 3.8) is 0 Å². The molecule has 0 unspecified atom stereocenters. The molecule has 0 spiro atoms. The number of nitrogens with zero attached hydrogens (tertiary/aromatic N) is 1. The van der Waals surface area contributed by atoms with Gasteiger partial charge >= 0.3 is 5.97 Å². The molecule has 0 aromatic carbocycles. The summed E-state index contributed by atoms with van der Waals surface area (Å²) >= 11 is 0. The zero-order valence-corrected chi connectivity index (χ0v) is 25.1. The maximum Gasteiger partial charge on any atom is 0.328 e. The van der Waals surface area contributed by atoms with Crippen LogP contribution >= 0.6 is 0 Å². The number of carbonyl (C=O) groups is 4. The van der Waals surface area contributed by atoms with Crippen molar-refractivity contribution in [1.82, 2.24) is 15.5 Å². The smallest absolute Gasteiger partial charge is 0.328 e. The number of hydrogen-bond acceptors (Lipinski definition) is 5. The largest absolute Gasteiger partial charge is 0.460 e. The molecule has 3 amide bonds. The molecule has 0 aliphatic carbocycles. The first kappa shape index (κ1) is 34.4. The molecule has 0 saturated carbocycles. The second kappa shape index (κ2) is 19.4. The molecule has 1 aliphatic rings. The average molecular weight is 548 g/mol. The molecule has 8 heteroatoms. The van der Waals surface area contributed by atoms with Gasteiger partial charge in [0.05, 0.1) is 12.5 Å². The van der Waals surface area contributed by atoms with Gasteiger partial charge in [-0.2, -0.15) is 0 Å². The quantitative estimate of drug-likeness (QED) is 0.223. The number of ether oxygens (including phenoxy) is 1. The van der Waals surface area contributed by atoms with Gasteiger partial charge in [0.25, 0.3) is 0 Å². The Morgan fingerprint density at radius 3 is 2.03 bits per heavy atom. The summed E-state index contributed by atoms with van der Waals surface area (Å²) in [6.45, 7) is 11.1. The zero-order valence-electron chi connectivity index (χ0n) is 25.1. The van der Waals surface area contributed by atoms with E-state index < -0.39 is 35.8 Å². The van der Waals surface area contributed by atoms with Crippen molar-refractivity contribution in [2.45, 2.75) is 123 Å². The summed E-state index contributed by atoms with van der Waals surface area (Å²) in [4.78, 5) is 51.6. The van der Waals surface area contributed by atoms with Crippen LogP contribution in [0.15, 0.2) is 24.4 Å². The minimum absolute atomic E-state index is 0.0482. The fourth-order valence-electron chi connectivity index (χ4n) is 4.82. The second-order valence-electron chi connectivity index (χ2n) is 11.2. The van der Waals surface area contributed by atoms with Crippen LogP contribution in [-0.2, 0) is 23.9 Å². The summed E-state index contributed by atoms with van der Waals surface area (Å²) in [6, 6.07) is -0.909. The lowest BCUT2D eigenvalue weighted by molar-refractivity contribution is -0.160. The van der Waals surface area contributed by atoms with E-state index in [1.54, 1.807) is 13.8 Å². The Kier molecular flexibility index (Phi) is 17.1. The van der Waals surface area contributed by atoms with Crippen LogP contribution in [0, 0.1) is 11.8 Å². The molecule has 2 N–H and O–H groups in total. The zero-order chi connectivity index (χ0) is 29.2. The standard InChI is InChI=1S/C31H53N3O5/c1-7-8-9-10-11-12-13-14-15-16-17-18-19-23(2)29-25(4)30(37)32-24(3)20-21-28(36)34(6)22-27(35)33-26(5)31(38)39-29/h20-21,23,25-26,29H,3,7-19,22H2,1-2,4-6H3,(H,32,37)(H,33,35)/b21-20+/t23-,25+,26+,29+/m1/s1. The van der Waals surface area contributed by atoms with Gasteiger partial charge in [-0.15, -0.1) is 0 Å². The van der Waals surface area contributed by atoms with E-state index in [1.807, 2.05) is 6.92 Å². The minimum Gasteiger partial charge on any atom is -0.460 e. The van der Waals surface area contributed by atoms with Gasteiger partial charge < -0.3 is 20.3 Å². The van der Waals surface area contributed by atoms with Crippen molar-refractivity contribution >= 4 is 23.7 Å². The van der Waals surface area contributed by atoms with Crippen LogP contribution in [0.4, 0.5) is 0 Å². The summed E-state index contributed by atoms with van der Waals surface area (Å²) in [5.41, 5.74) is 0.250. The highest BCUT2D eigenvalue weighted by atomic mass is 16.5. The van der Waals surface area contributed by atoms with Crippen molar-refractivity contribution in [2.75, 3.05) is 13.6 Å². The summed E-state index contributed by atoms with van der Waals surface area (Å²) in [7, 11) is 1.48. The maximum atomic E-state index is 13.0. The van der Waals surface area contributed by atoms with Crippen molar-refractivity contribution < 1.29 is 23.9 Å². The lowest BCUT2D eigenvalue weighted by Gasteiger charge is -2.30. The Morgan fingerprint density at radius 1 is 0.923 bits per heavy atom. The number of allylic oxidation sites excluding steroid dienone is 1. The summed E-state index contributed by atoms with van der Waals surface area (Å²) in [5, 5.41) is 5.29. The number of rotatable bonds is 14. The molecule has 4 atom stereocenters. The predicted molar refractivity (Wildman–Crippen MR) is 156 cm³/mol. The number of hydrogen-bond donors (Lipinski definition) is 2. The number of cyclic esters (lactones) is 1.